The number of nitrogens with one attached hydrogen (secondary N) is 1. The summed E-state index contributed by atoms with van der Waals surface area (Å²) in [4.78, 5) is 34.7. The minimum atomic E-state index is -0.497. The van der Waals surface area contributed by atoms with Gasteiger partial charge in [0, 0.05) is 23.7 Å². The number of hydrogen-bond donors (Lipinski definition) is 2. The van der Waals surface area contributed by atoms with E-state index in [2.05, 4.69) is 5.43 Å². The molecule has 0 aliphatic rings. The van der Waals surface area contributed by atoms with Crippen LogP contribution in [0.2, 0.25) is 0 Å². The summed E-state index contributed by atoms with van der Waals surface area (Å²) in [6, 6.07) is 12.8. The minimum absolute atomic E-state index is 0.0375. The van der Waals surface area contributed by atoms with Gasteiger partial charge in [0.1, 0.15) is 0 Å². The number of benzene rings is 2. The van der Waals surface area contributed by atoms with Gasteiger partial charge in [-0.3, -0.25) is 29.7 Å². The van der Waals surface area contributed by atoms with Crippen LogP contribution in [0.3, 0.4) is 0 Å². The fraction of sp³-hybridized carbons (Fsp3) is 0.0588. The molecule has 3 rings (SSSR count). The maximum Gasteiger partial charge on any atom is 0.269 e. The van der Waals surface area contributed by atoms with Gasteiger partial charge in [-0.25, -0.2) is 5.84 Å². The van der Waals surface area contributed by atoms with E-state index in [1.165, 1.54) is 35.0 Å². The van der Waals surface area contributed by atoms with Crippen molar-refractivity contribution >= 4 is 28.4 Å². The predicted octanol–water partition coefficient (Wildman–Crippen LogP) is 2.04. The Morgan fingerprint density at radius 2 is 1.80 bits per heavy atom. The monoisotopic (exact) mass is 338 g/mol. The molecule has 0 saturated heterocycles. The number of hydrogen-bond acceptors (Lipinski definition) is 5. The molecule has 0 fully saturated rings. The molecule has 0 saturated carbocycles. The lowest BCUT2D eigenvalue weighted by Gasteiger charge is -2.04. The van der Waals surface area contributed by atoms with Crippen LogP contribution in [0.4, 0.5) is 5.69 Å². The lowest BCUT2D eigenvalue weighted by Crippen LogP contribution is -2.29. The standard InChI is InChI=1S/C17H14N4O4/c18-19-17(23)14-10-20(15-4-2-1-3-13(14)15)16(22)9-11-5-7-12(8-6-11)21(24)25/h1-8,10H,9,18H2,(H,19,23). The Labute approximate surface area is 142 Å². The summed E-state index contributed by atoms with van der Waals surface area (Å²) in [6.45, 7) is 0. The van der Waals surface area contributed by atoms with Crippen molar-refractivity contribution in [1.82, 2.24) is 9.99 Å². The average molecular weight is 338 g/mol. The zero-order valence-corrected chi connectivity index (χ0v) is 13.0. The van der Waals surface area contributed by atoms with Crippen molar-refractivity contribution < 1.29 is 14.5 Å². The first-order valence-corrected chi connectivity index (χ1v) is 7.39. The van der Waals surface area contributed by atoms with Gasteiger partial charge in [0.2, 0.25) is 5.91 Å². The zero-order valence-electron chi connectivity index (χ0n) is 13.0. The number of non-ortho nitro benzene ring substituents is 1. The molecule has 126 valence electrons. The molecule has 25 heavy (non-hydrogen) atoms. The number of nitrogen functional groups attached to an aromatic ring is 1. The van der Waals surface area contributed by atoms with Crippen molar-refractivity contribution in [3.05, 3.63) is 76.0 Å². The molecule has 0 atom stereocenters. The summed E-state index contributed by atoms with van der Waals surface area (Å²) >= 11 is 0. The molecule has 0 spiro atoms. The Kier molecular flexibility index (Phi) is 4.27. The number of fused-ring (bicyclic) bond motifs is 1. The van der Waals surface area contributed by atoms with Gasteiger partial charge >= 0.3 is 0 Å². The largest absolute Gasteiger partial charge is 0.290 e. The number of carbonyl (C=O) groups excluding carboxylic acids is 2. The summed E-state index contributed by atoms with van der Waals surface area (Å²) in [5, 5.41) is 11.3. The summed E-state index contributed by atoms with van der Waals surface area (Å²) in [5.74, 6) is 4.44. The molecule has 1 heterocycles. The molecule has 8 nitrogen and oxygen atoms in total. The number of nitro groups is 1. The Morgan fingerprint density at radius 3 is 2.44 bits per heavy atom. The summed E-state index contributed by atoms with van der Waals surface area (Å²) in [5.41, 5.74) is 3.56. The molecule has 8 heteroatoms. The second-order valence-corrected chi connectivity index (χ2v) is 5.40. The number of rotatable bonds is 4. The highest BCUT2D eigenvalue weighted by Gasteiger charge is 2.18. The van der Waals surface area contributed by atoms with E-state index in [9.17, 15) is 19.7 Å². The van der Waals surface area contributed by atoms with E-state index in [0.29, 0.717) is 22.0 Å². The number of hydrazine groups is 1. The molecule has 2 aromatic carbocycles. The second kappa shape index (κ2) is 6.54. The molecule has 0 unspecified atom stereocenters. The van der Waals surface area contributed by atoms with Gasteiger partial charge in [-0.15, -0.1) is 0 Å². The highest BCUT2D eigenvalue weighted by molar-refractivity contribution is 6.09. The lowest BCUT2D eigenvalue weighted by atomic mass is 10.1. The zero-order chi connectivity index (χ0) is 18.0. The fourth-order valence-electron chi connectivity index (χ4n) is 2.64. The van der Waals surface area contributed by atoms with Gasteiger partial charge in [-0.1, -0.05) is 30.3 Å². The topological polar surface area (TPSA) is 120 Å². The van der Waals surface area contributed by atoms with Crippen LogP contribution in [0.1, 0.15) is 20.7 Å². The summed E-state index contributed by atoms with van der Waals surface area (Å²) in [7, 11) is 0. The van der Waals surface area contributed by atoms with Gasteiger partial charge in [-0.2, -0.15) is 0 Å². The van der Waals surface area contributed by atoms with Gasteiger partial charge in [0.25, 0.3) is 11.6 Å². The third-order valence-corrected chi connectivity index (χ3v) is 3.86. The van der Waals surface area contributed by atoms with Gasteiger partial charge in [0.05, 0.1) is 22.4 Å². The molecule has 1 amide bonds. The number of para-hydroxylation sites is 1. The second-order valence-electron chi connectivity index (χ2n) is 5.40. The molecule has 1 aromatic heterocycles. The Hall–Kier alpha value is -3.52. The minimum Gasteiger partial charge on any atom is -0.290 e. The number of nitro benzene ring substituents is 1. The van der Waals surface area contributed by atoms with Crippen LogP contribution in [0, 0.1) is 10.1 Å². The van der Waals surface area contributed by atoms with Gasteiger partial charge < -0.3 is 0 Å². The van der Waals surface area contributed by atoms with E-state index in [1.807, 2.05) is 0 Å². The molecule has 0 aliphatic carbocycles. The number of carbonyl (C=O) groups is 2. The number of nitrogens with zero attached hydrogens (tertiary/aromatic N) is 2. The van der Waals surface area contributed by atoms with Crippen molar-refractivity contribution in [1.29, 1.82) is 0 Å². The first-order valence-electron chi connectivity index (χ1n) is 7.39. The lowest BCUT2D eigenvalue weighted by molar-refractivity contribution is -0.384. The van der Waals surface area contributed by atoms with E-state index in [0.717, 1.165) is 0 Å². The maximum absolute atomic E-state index is 12.6. The van der Waals surface area contributed by atoms with Crippen LogP contribution in [-0.4, -0.2) is 21.3 Å². The van der Waals surface area contributed by atoms with E-state index in [1.54, 1.807) is 24.3 Å². The first-order chi connectivity index (χ1) is 12.0. The molecule has 0 bridgehead atoms. The normalized spacial score (nSPS) is 10.6. The van der Waals surface area contributed by atoms with Crippen LogP contribution in [-0.2, 0) is 6.42 Å². The highest BCUT2D eigenvalue weighted by atomic mass is 16.6. The number of amides is 1. The van der Waals surface area contributed by atoms with E-state index < -0.39 is 10.8 Å². The van der Waals surface area contributed by atoms with E-state index in [4.69, 9.17) is 5.84 Å². The summed E-state index contributed by atoms with van der Waals surface area (Å²) in [6.07, 6.45) is 1.49. The Balaban J connectivity index is 1.94. The molecule has 0 aliphatic heterocycles. The van der Waals surface area contributed by atoms with Crippen LogP contribution < -0.4 is 11.3 Å². The average Bonchev–Trinajstić information content (AvgIpc) is 3.01. The maximum atomic E-state index is 12.6. The molecule has 3 N–H and O–H groups in total. The number of nitrogens with two attached hydrogens (primary N) is 1. The Morgan fingerprint density at radius 1 is 1.12 bits per heavy atom. The summed E-state index contributed by atoms with van der Waals surface area (Å²) < 4.78 is 1.39. The van der Waals surface area contributed by atoms with Crippen LogP contribution in [0.25, 0.3) is 10.9 Å². The highest BCUT2D eigenvalue weighted by Crippen LogP contribution is 2.22. The van der Waals surface area contributed by atoms with Crippen molar-refractivity contribution in [2.75, 3.05) is 0 Å². The van der Waals surface area contributed by atoms with Crippen molar-refractivity contribution in [2.24, 2.45) is 5.84 Å². The smallest absolute Gasteiger partial charge is 0.269 e. The van der Waals surface area contributed by atoms with Crippen LogP contribution in [0.5, 0.6) is 0 Å². The van der Waals surface area contributed by atoms with E-state index in [-0.39, 0.29) is 18.0 Å². The van der Waals surface area contributed by atoms with E-state index >= 15 is 0 Å². The molecule has 0 radical (unpaired) electrons. The van der Waals surface area contributed by atoms with Gasteiger partial charge in [0.15, 0.2) is 0 Å². The van der Waals surface area contributed by atoms with Gasteiger partial charge in [-0.05, 0) is 11.6 Å². The fourth-order valence-corrected chi connectivity index (χ4v) is 2.64. The Bertz CT molecular complexity index is 976. The van der Waals surface area contributed by atoms with Crippen molar-refractivity contribution in [3.63, 3.8) is 0 Å². The first kappa shape index (κ1) is 16.3. The third-order valence-electron chi connectivity index (χ3n) is 3.86. The molecular weight excluding hydrogens is 324 g/mol. The molecular formula is C17H14N4O4. The SMILES string of the molecule is NNC(=O)c1cn(C(=O)Cc2ccc([N+](=O)[O-])cc2)c2ccccc12. The number of aromatic nitrogens is 1. The third kappa shape index (κ3) is 3.10. The molecule has 3 aromatic rings. The predicted molar refractivity (Wildman–Crippen MR) is 91.0 cm³/mol. The van der Waals surface area contributed by atoms with Crippen LogP contribution in [0.15, 0.2) is 54.7 Å². The van der Waals surface area contributed by atoms with Crippen molar-refractivity contribution in [2.45, 2.75) is 6.42 Å². The van der Waals surface area contributed by atoms with Crippen LogP contribution >= 0.6 is 0 Å². The quantitative estimate of drug-likeness (QED) is 0.326. The van der Waals surface area contributed by atoms with Crippen molar-refractivity contribution in [3.8, 4) is 0 Å².